The van der Waals surface area contributed by atoms with E-state index < -0.39 is 5.82 Å². The highest BCUT2D eigenvalue weighted by Gasteiger charge is 2.35. The Morgan fingerprint density at radius 1 is 1.00 bits per heavy atom. The summed E-state index contributed by atoms with van der Waals surface area (Å²) >= 11 is 0. The van der Waals surface area contributed by atoms with Crippen LogP contribution in [0.2, 0.25) is 0 Å². The van der Waals surface area contributed by atoms with Gasteiger partial charge < -0.3 is 9.80 Å². The van der Waals surface area contributed by atoms with E-state index in [-0.39, 0.29) is 28.9 Å². The molecule has 0 unspecified atom stereocenters. The van der Waals surface area contributed by atoms with Crippen LogP contribution in [0.4, 0.5) is 4.39 Å². The molecule has 1 aliphatic carbocycles. The molecule has 3 aromatic rings. The summed E-state index contributed by atoms with van der Waals surface area (Å²) in [6.07, 6.45) is 2.27. The van der Waals surface area contributed by atoms with Gasteiger partial charge in [0.15, 0.2) is 0 Å². The van der Waals surface area contributed by atoms with Crippen LogP contribution < -0.4 is 5.56 Å². The van der Waals surface area contributed by atoms with Crippen molar-refractivity contribution in [3.05, 3.63) is 75.5 Å². The number of aryl methyl sites for hydroxylation is 1. The molecule has 0 atom stereocenters. The van der Waals surface area contributed by atoms with Gasteiger partial charge in [0, 0.05) is 51.0 Å². The standard InChI is InChI=1S/C25H25FN4O3/c1-28-24(32)19-5-3-2-4-18(19)22(27-28)15-16-6-9-21(26)20(14-16)25(33)30-12-10-29(11-13-30)23(31)17-7-8-17/h2-6,9,14,17H,7-8,10-13,15H2,1H3. The first-order valence-electron chi connectivity index (χ1n) is 11.2. The first-order chi connectivity index (χ1) is 15.9. The minimum Gasteiger partial charge on any atom is -0.339 e. The molecule has 2 aliphatic rings. The Morgan fingerprint density at radius 2 is 1.67 bits per heavy atom. The molecule has 1 aliphatic heterocycles. The predicted octanol–water partition coefficient (Wildman–Crippen LogP) is 2.36. The van der Waals surface area contributed by atoms with Gasteiger partial charge in [-0.05, 0) is 36.6 Å². The van der Waals surface area contributed by atoms with E-state index in [1.807, 2.05) is 17.0 Å². The second-order valence-electron chi connectivity index (χ2n) is 8.80. The highest BCUT2D eigenvalue weighted by atomic mass is 19.1. The highest BCUT2D eigenvalue weighted by Crippen LogP contribution is 2.31. The van der Waals surface area contributed by atoms with Crippen molar-refractivity contribution in [1.82, 2.24) is 19.6 Å². The van der Waals surface area contributed by atoms with Crippen LogP contribution in [0.5, 0.6) is 0 Å². The lowest BCUT2D eigenvalue weighted by Gasteiger charge is -2.35. The fraction of sp³-hybridized carbons (Fsp3) is 0.360. The van der Waals surface area contributed by atoms with E-state index >= 15 is 0 Å². The van der Waals surface area contributed by atoms with Crippen molar-refractivity contribution in [2.75, 3.05) is 26.2 Å². The number of carbonyl (C=O) groups excluding carboxylic acids is 2. The third-order valence-electron chi connectivity index (χ3n) is 6.47. The van der Waals surface area contributed by atoms with Crippen LogP contribution >= 0.6 is 0 Å². The Morgan fingerprint density at radius 3 is 2.36 bits per heavy atom. The summed E-state index contributed by atoms with van der Waals surface area (Å²) in [7, 11) is 1.60. The third kappa shape index (κ3) is 4.13. The molecule has 1 aromatic heterocycles. The maximum Gasteiger partial charge on any atom is 0.274 e. The number of hydrogen-bond acceptors (Lipinski definition) is 4. The van der Waals surface area contributed by atoms with Gasteiger partial charge in [-0.1, -0.05) is 24.3 Å². The monoisotopic (exact) mass is 448 g/mol. The number of halogens is 1. The molecule has 0 spiro atoms. The van der Waals surface area contributed by atoms with Crippen molar-refractivity contribution >= 4 is 22.6 Å². The molecule has 7 nitrogen and oxygen atoms in total. The molecule has 8 heteroatoms. The number of aromatic nitrogens is 2. The zero-order valence-electron chi connectivity index (χ0n) is 18.5. The molecule has 2 heterocycles. The number of fused-ring (bicyclic) bond motifs is 1. The van der Waals surface area contributed by atoms with Crippen molar-refractivity contribution in [3.8, 4) is 0 Å². The molecule has 170 valence electrons. The minimum atomic E-state index is -0.571. The van der Waals surface area contributed by atoms with Crippen LogP contribution in [0.1, 0.15) is 34.5 Å². The minimum absolute atomic E-state index is 0.0172. The van der Waals surface area contributed by atoms with Crippen molar-refractivity contribution in [1.29, 1.82) is 0 Å². The first-order valence-corrected chi connectivity index (χ1v) is 11.2. The largest absolute Gasteiger partial charge is 0.339 e. The number of amides is 2. The molecule has 0 radical (unpaired) electrons. The molecule has 0 bridgehead atoms. The fourth-order valence-corrected chi connectivity index (χ4v) is 4.43. The van der Waals surface area contributed by atoms with E-state index in [9.17, 15) is 18.8 Å². The average Bonchev–Trinajstić information content (AvgIpc) is 3.68. The van der Waals surface area contributed by atoms with E-state index in [1.54, 1.807) is 36.2 Å². The molecule has 5 rings (SSSR count). The van der Waals surface area contributed by atoms with Gasteiger partial charge in [-0.25, -0.2) is 9.07 Å². The van der Waals surface area contributed by atoms with E-state index in [0.29, 0.717) is 43.7 Å². The molecule has 0 N–H and O–H groups in total. The van der Waals surface area contributed by atoms with Crippen molar-refractivity contribution in [3.63, 3.8) is 0 Å². The summed E-state index contributed by atoms with van der Waals surface area (Å²) in [6.45, 7) is 1.76. The molecule has 33 heavy (non-hydrogen) atoms. The quantitative estimate of drug-likeness (QED) is 0.614. The van der Waals surface area contributed by atoms with E-state index in [0.717, 1.165) is 23.8 Å². The zero-order chi connectivity index (χ0) is 23.1. The lowest BCUT2D eigenvalue weighted by molar-refractivity contribution is -0.134. The fourth-order valence-electron chi connectivity index (χ4n) is 4.43. The Labute approximate surface area is 190 Å². The molecule has 2 aromatic carbocycles. The van der Waals surface area contributed by atoms with Crippen LogP contribution in [-0.4, -0.2) is 57.6 Å². The first kappa shape index (κ1) is 21.3. The van der Waals surface area contributed by atoms with Gasteiger partial charge in [0.1, 0.15) is 5.82 Å². The summed E-state index contributed by atoms with van der Waals surface area (Å²) in [5.74, 6) is -0.611. The Bertz CT molecular complexity index is 1310. The van der Waals surface area contributed by atoms with Gasteiger partial charge in [0.05, 0.1) is 16.6 Å². The summed E-state index contributed by atoms with van der Waals surface area (Å²) in [4.78, 5) is 41.1. The van der Waals surface area contributed by atoms with Crippen LogP contribution in [-0.2, 0) is 18.3 Å². The lowest BCUT2D eigenvalue weighted by Crippen LogP contribution is -2.51. The van der Waals surface area contributed by atoms with Gasteiger partial charge in [-0.2, -0.15) is 5.10 Å². The van der Waals surface area contributed by atoms with Gasteiger partial charge in [0.2, 0.25) is 5.91 Å². The van der Waals surface area contributed by atoms with Gasteiger partial charge in [-0.3, -0.25) is 14.4 Å². The molecular weight excluding hydrogens is 423 g/mol. The Kier molecular flexibility index (Phi) is 5.44. The van der Waals surface area contributed by atoms with Crippen LogP contribution in [0.25, 0.3) is 10.8 Å². The number of nitrogens with zero attached hydrogens (tertiary/aromatic N) is 4. The average molecular weight is 448 g/mol. The van der Waals surface area contributed by atoms with Gasteiger partial charge in [-0.15, -0.1) is 0 Å². The van der Waals surface area contributed by atoms with Crippen molar-refractivity contribution in [2.24, 2.45) is 13.0 Å². The van der Waals surface area contributed by atoms with Crippen LogP contribution in [0, 0.1) is 11.7 Å². The second kappa shape index (κ2) is 8.42. The normalized spacial score (nSPS) is 16.3. The Balaban J connectivity index is 1.36. The van der Waals surface area contributed by atoms with E-state index in [4.69, 9.17) is 0 Å². The zero-order valence-corrected chi connectivity index (χ0v) is 18.5. The maximum absolute atomic E-state index is 14.6. The predicted molar refractivity (Wildman–Crippen MR) is 121 cm³/mol. The SMILES string of the molecule is Cn1nc(Cc2ccc(F)c(C(=O)N3CCN(C(=O)C4CC4)CC3)c2)c2ccccc2c1=O. The van der Waals surface area contributed by atoms with E-state index in [1.165, 1.54) is 10.7 Å². The summed E-state index contributed by atoms with van der Waals surface area (Å²) < 4.78 is 15.9. The molecule has 2 fully saturated rings. The third-order valence-corrected chi connectivity index (χ3v) is 6.47. The second-order valence-corrected chi connectivity index (χ2v) is 8.80. The molecular formula is C25H25FN4O3. The Hall–Kier alpha value is -3.55. The van der Waals surface area contributed by atoms with Gasteiger partial charge >= 0.3 is 0 Å². The number of rotatable bonds is 4. The molecule has 1 saturated carbocycles. The summed E-state index contributed by atoms with van der Waals surface area (Å²) in [5.41, 5.74) is 1.26. The van der Waals surface area contributed by atoms with Crippen molar-refractivity contribution in [2.45, 2.75) is 19.3 Å². The smallest absolute Gasteiger partial charge is 0.274 e. The number of carbonyl (C=O) groups is 2. The molecule has 2 amide bonds. The topological polar surface area (TPSA) is 75.5 Å². The number of hydrogen-bond donors (Lipinski definition) is 0. The molecule has 1 saturated heterocycles. The number of benzene rings is 2. The summed E-state index contributed by atoms with van der Waals surface area (Å²) in [6, 6.07) is 11.8. The summed E-state index contributed by atoms with van der Waals surface area (Å²) in [5, 5.41) is 5.72. The van der Waals surface area contributed by atoms with Crippen LogP contribution in [0.3, 0.4) is 0 Å². The lowest BCUT2D eigenvalue weighted by atomic mass is 10.0. The van der Waals surface area contributed by atoms with E-state index in [2.05, 4.69) is 5.10 Å². The van der Waals surface area contributed by atoms with Crippen molar-refractivity contribution < 1.29 is 14.0 Å². The maximum atomic E-state index is 14.6. The highest BCUT2D eigenvalue weighted by molar-refractivity contribution is 5.95. The van der Waals surface area contributed by atoms with Crippen LogP contribution in [0.15, 0.2) is 47.3 Å². The number of piperazine rings is 1. The van der Waals surface area contributed by atoms with Gasteiger partial charge in [0.25, 0.3) is 11.5 Å².